The van der Waals surface area contributed by atoms with Crippen molar-refractivity contribution in [1.82, 2.24) is 9.47 Å². The van der Waals surface area contributed by atoms with Crippen molar-refractivity contribution in [2.45, 2.75) is 39.8 Å². The first-order valence-electron chi connectivity index (χ1n) is 7.90. The second-order valence-electron chi connectivity index (χ2n) is 6.85. The molecule has 0 fully saturated rings. The minimum absolute atomic E-state index is 0.307. The first-order chi connectivity index (χ1) is 11.1. The fourth-order valence-corrected chi connectivity index (χ4v) is 2.59. The van der Waals surface area contributed by atoms with E-state index in [2.05, 4.69) is 0 Å². The fourth-order valence-electron chi connectivity index (χ4n) is 2.59. The summed E-state index contributed by atoms with van der Waals surface area (Å²) in [5, 5.41) is 0.731. The summed E-state index contributed by atoms with van der Waals surface area (Å²) in [6.07, 6.45) is -0.394. The monoisotopic (exact) mass is 336 g/mol. The number of amides is 1. The lowest BCUT2D eigenvalue weighted by Gasteiger charge is -2.25. The van der Waals surface area contributed by atoms with Crippen LogP contribution in [0.1, 0.15) is 26.5 Å². The number of aryl methyl sites for hydroxylation is 1. The zero-order valence-corrected chi connectivity index (χ0v) is 15.1. The van der Waals surface area contributed by atoms with Crippen LogP contribution in [0.5, 0.6) is 5.75 Å². The van der Waals surface area contributed by atoms with E-state index in [0.29, 0.717) is 24.4 Å². The second kappa shape index (κ2) is 6.71. The maximum atomic E-state index is 14.3. The summed E-state index contributed by atoms with van der Waals surface area (Å²) in [4.78, 5) is 13.5. The Morgan fingerprint density at radius 2 is 2.00 bits per heavy atom. The van der Waals surface area contributed by atoms with Gasteiger partial charge in [0.2, 0.25) is 0 Å². The molecule has 1 aromatic carbocycles. The molecule has 132 valence electrons. The van der Waals surface area contributed by atoms with E-state index in [1.165, 1.54) is 11.0 Å². The maximum absolute atomic E-state index is 14.3. The molecule has 24 heavy (non-hydrogen) atoms. The third-order valence-corrected chi connectivity index (χ3v) is 3.76. The first-order valence-corrected chi connectivity index (χ1v) is 7.90. The van der Waals surface area contributed by atoms with Crippen LogP contribution in [-0.2, 0) is 11.3 Å². The molecule has 0 saturated heterocycles. The molecule has 5 nitrogen and oxygen atoms in total. The fraction of sp³-hybridized carbons (Fsp3) is 0.500. The average Bonchev–Trinajstić information content (AvgIpc) is 2.80. The highest BCUT2D eigenvalue weighted by Gasteiger charge is 2.20. The number of ether oxygens (including phenoxy) is 2. The molecule has 1 heterocycles. The van der Waals surface area contributed by atoms with Crippen LogP contribution in [0, 0.1) is 12.7 Å². The van der Waals surface area contributed by atoms with Gasteiger partial charge in [-0.25, -0.2) is 9.18 Å². The number of aromatic nitrogens is 1. The van der Waals surface area contributed by atoms with Gasteiger partial charge in [0.25, 0.3) is 0 Å². The standard InChI is InChI=1S/C18H25FN2O3/c1-12-11-13-15(23-6)8-7-14(19)16(13)21(12)10-9-20(5)17(22)24-18(2,3)4/h7-8,11H,9-10H2,1-6H3. The highest BCUT2D eigenvalue weighted by Crippen LogP contribution is 2.30. The van der Waals surface area contributed by atoms with Gasteiger partial charge in [-0.3, -0.25) is 0 Å². The molecule has 0 unspecified atom stereocenters. The van der Waals surface area contributed by atoms with Crippen molar-refractivity contribution in [2.75, 3.05) is 20.7 Å². The Kier molecular flexibility index (Phi) is 5.06. The van der Waals surface area contributed by atoms with Gasteiger partial charge in [0.15, 0.2) is 0 Å². The average molecular weight is 336 g/mol. The smallest absolute Gasteiger partial charge is 0.410 e. The number of nitrogens with zero attached hydrogens (tertiary/aromatic N) is 2. The Morgan fingerprint density at radius 3 is 2.58 bits per heavy atom. The van der Waals surface area contributed by atoms with E-state index in [9.17, 15) is 9.18 Å². The van der Waals surface area contributed by atoms with Gasteiger partial charge in [-0.2, -0.15) is 0 Å². The Balaban J connectivity index is 2.22. The molecular weight excluding hydrogens is 311 g/mol. The van der Waals surface area contributed by atoms with E-state index in [4.69, 9.17) is 9.47 Å². The molecule has 0 bridgehead atoms. The summed E-state index contributed by atoms with van der Waals surface area (Å²) >= 11 is 0. The molecule has 0 aliphatic rings. The molecular formula is C18H25FN2O3. The highest BCUT2D eigenvalue weighted by atomic mass is 19.1. The van der Waals surface area contributed by atoms with Crippen molar-refractivity contribution < 1.29 is 18.7 Å². The molecule has 0 radical (unpaired) electrons. The van der Waals surface area contributed by atoms with Crippen LogP contribution in [0.3, 0.4) is 0 Å². The summed E-state index contributed by atoms with van der Waals surface area (Å²) in [7, 11) is 3.24. The van der Waals surface area contributed by atoms with Crippen LogP contribution in [0.25, 0.3) is 10.9 Å². The van der Waals surface area contributed by atoms with Crippen LogP contribution < -0.4 is 4.74 Å². The third kappa shape index (κ3) is 3.80. The van der Waals surface area contributed by atoms with E-state index < -0.39 is 11.7 Å². The lowest BCUT2D eigenvalue weighted by atomic mass is 10.2. The number of hydrogen-bond donors (Lipinski definition) is 0. The zero-order chi connectivity index (χ0) is 18.1. The maximum Gasteiger partial charge on any atom is 0.410 e. The van der Waals surface area contributed by atoms with Crippen LogP contribution in [0.15, 0.2) is 18.2 Å². The Morgan fingerprint density at radius 1 is 1.33 bits per heavy atom. The number of benzene rings is 1. The molecule has 0 aliphatic carbocycles. The number of carbonyl (C=O) groups excluding carboxylic acids is 1. The lowest BCUT2D eigenvalue weighted by Crippen LogP contribution is -2.36. The largest absolute Gasteiger partial charge is 0.496 e. The van der Waals surface area contributed by atoms with Crippen LogP contribution in [-0.4, -0.2) is 41.9 Å². The summed E-state index contributed by atoms with van der Waals surface area (Å²) in [5.41, 5.74) is 0.858. The predicted molar refractivity (Wildman–Crippen MR) is 92.0 cm³/mol. The molecule has 0 spiro atoms. The van der Waals surface area contributed by atoms with Crippen LogP contribution in [0.2, 0.25) is 0 Å². The molecule has 0 N–H and O–H groups in total. The molecule has 2 rings (SSSR count). The summed E-state index contributed by atoms with van der Waals surface area (Å²) in [6.45, 7) is 8.26. The van der Waals surface area contributed by atoms with Gasteiger partial charge >= 0.3 is 6.09 Å². The topological polar surface area (TPSA) is 43.7 Å². The van der Waals surface area contributed by atoms with Crippen molar-refractivity contribution in [3.05, 3.63) is 29.7 Å². The molecule has 1 amide bonds. The SMILES string of the molecule is COc1ccc(F)c2c1cc(C)n2CCN(C)C(=O)OC(C)(C)C. The van der Waals surface area contributed by atoms with Crippen molar-refractivity contribution >= 4 is 17.0 Å². The number of methoxy groups -OCH3 is 1. The molecule has 1 aromatic heterocycles. The number of halogens is 1. The summed E-state index contributed by atoms with van der Waals surface area (Å²) in [5.74, 6) is 0.326. The molecule has 2 aromatic rings. The van der Waals surface area contributed by atoms with Gasteiger partial charge in [0, 0.05) is 31.2 Å². The van der Waals surface area contributed by atoms with E-state index >= 15 is 0 Å². The zero-order valence-electron chi connectivity index (χ0n) is 15.1. The van der Waals surface area contributed by atoms with E-state index in [0.717, 1.165) is 11.1 Å². The van der Waals surface area contributed by atoms with Crippen LogP contribution in [0.4, 0.5) is 9.18 Å². The van der Waals surface area contributed by atoms with Gasteiger partial charge in [0.05, 0.1) is 12.6 Å². The molecule has 0 saturated carbocycles. The Bertz CT molecular complexity index is 747. The third-order valence-electron chi connectivity index (χ3n) is 3.76. The summed E-state index contributed by atoms with van der Waals surface area (Å²) < 4.78 is 26.8. The van der Waals surface area contributed by atoms with Gasteiger partial charge in [-0.1, -0.05) is 0 Å². The summed E-state index contributed by atoms with van der Waals surface area (Å²) in [6, 6.07) is 4.91. The minimum Gasteiger partial charge on any atom is -0.496 e. The first kappa shape index (κ1) is 18.1. The van der Waals surface area contributed by atoms with Gasteiger partial charge < -0.3 is 18.9 Å². The Hall–Kier alpha value is -2.24. The van der Waals surface area contributed by atoms with Crippen molar-refractivity contribution in [1.29, 1.82) is 0 Å². The predicted octanol–water partition coefficient (Wildman–Crippen LogP) is 3.96. The second-order valence-corrected chi connectivity index (χ2v) is 6.85. The number of fused-ring (bicyclic) bond motifs is 1. The van der Waals surface area contributed by atoms with E-state index in [-0.39, 0.29) is 5.82 Å². The van der Waals surface area contributed by atoms with Gasteiger partial charge in [-0.05, 0) is 45.9 Å². The quantitative estimate of drug-likeness (QED) is 0.849. The highest BCUT2D eigenvalue weighted by molar-refractivity contribution is 5.88. The lowest BCUT2D eigenvalue weighted by molar-refractivity contribution is 0.0294. The van der Waals surface area contributed by atoms with Gasteiger partial charge in [0.1, 0.15) is 17.2 Å². The van der Waals surface area contributed by atoms with E-state index in [1.54, 1.807) is 20.2 Å². The van der Waals surface area contributed by atoms with Crippen molar-refractivity contribution in [2.24, 2.45) is 0 Å². The van der Waals surface area contributed by atoms with Crippen molar-refractivity contribution in [3.8, 4) is 5.75 Å². The van der Waals surface area contributed by atoms with Gasteiger partial charge in [-0.15, -0.1) is 0 Å². The Labute approximate surface area is 141 Å². The van der Waals surface area contributed by atoms with Crippen LogP contribution >= 0.6 is 0 Å². The molecule has 0 atom stereocenters. The number of likely N-dealkylation sites (N-methyl/N-ethyl adjacent to an activating group) is 1. The molecule has 0 aliphatic heterocycles. The van der Waals surface area contributed by atoms with Crippen molar-refractivity contribution in [3.63, 3.8) is 0 Å². The number of carbonyl (C=O) groups is 1. The van der Waals surface area contributed by atoms with E-state index in [1.807, 2.05) is 38.3 Å². The minimum atomic E-state index is -0.541. The normalized spacial score (nSPS) is 11.6. The number of rotatable bonds is 4. The number of hydrogen-bond acceptors (Lipinski definition) is 3. The molecule has 6 heteroatoms.